The highest BCUT2D eigenvalue weighted by atomic mass is 19.1. The van der Waals surface area contributed by atoms with Gasteiger partial charge >= 0.3 is 0 Å². The average Bonchev–Trinajstić information content (AvgIpc) is 3.60. The van der Waals surface area contributed by atoms with Gasteiger partial charge in [0.15, 0.2) is 5.82 Å². The number of aromatic amines is 1. The van der Waals surface area contributed by atoms with Gasteiger partial charge in [-0.1, -0.05) is 64.3 Å². The second kappa shape index (κ2) is 12.9. The van der Waals surface area contributed by atoms with E-state index in [1.807, 2.05) is 17.0 Å². The lowest BCUT2D eigenvalue weighted by molar-refractivity contribution is -0.133. The molecule has 2 aromatic carbocycles. The first-order valence-electron chi connectivity index (χ1n) is 15.5. The minimum atomic E-state index is -0.811. The predicted octanol–water partition coefficient (Wildman–Crippen LogP) is 6.29. The number of aliphatic imine (C=N–C) groups is 1. The van der Waals surface area contributed by atoms with Gasteiger partial charge in [-0.25, -0.2) is 8.78 Å². The van der Waals surface area contributed by atoms with E-state index in [0.29, 0.717) is 36.6 Å². The standard InChI is InChI=1S/C33H41F2N7O2/c1-5-6-7-8-27(21-9-11-22(12-10-21)30(43)36-20-28-38-40-41-39-28)42-31(44)29(23-17-25(34)19-26(35)18-23)37-33(42)15-13-24(14-16-33)32(2,3)4/h9-12,17-19,24,27H,5-8,13-16,20H2,1-4H3,(H,36,43)(H,38,39,40,41)/t24?,27-,33?/m1/s1. The Labute approximate surface area is 256 Å². The number of H-pyrrole nitrogens is 1. The van der Waals surface area contributed by atoms with Crippen LogP contribution in [0, 0.1) is 23.0 Å². The van der Waals surface area contributed by atoms with Crippen LogP contribution in [0.5, 0.6) is 0 Å². The van der Waals surface area contributed by atoms with Crippen LogP contribution in [0.15, 0.2) is 47.5 Å². The zero-order valence-electron chi connectivity index (χ0n) is 25.9. The number of hydrogen-bond acceptors (Lipinski definition) is 6. The fourth-order valence-electron chi connectivity index (χ4n) is 6.63. The molecule has 1 aliphatic carbocycles. The second-order valence-corrected chi connectivity index (χ2v) is 13.1. The Bertz CT molecular complexity index is 1470. The van der Waals surface area contributed by atoms with Gasteiger partial charge < -0.3 is 10.2 Å². The largest absolute Gasteiger partial charge is 0.345 e. The van der Waals surface area contributed by atoms with Crippen LogP contribution in [0.1, 0.15) is 112 Å². The molecule has 5 rings (SSSR count). The third-order valence-electron chi connectivity index (χ3n) is 9.08. The lowest BCUT2D eigenvalue weighted by atomic mass is 9.69. The van der Waals surface area contributed by atoms with Gasteiger partial charge in [0.05, 0.1) is 12.6 Å². The normalized spacial score (nSPS) is 21.0. The molecule has 2 heterocycles. The highest BCUT2D eigenvalue weighted by molar-refractivity contribution is 6.46. The molecule has 234 valence electrons. The second-order valence-electron chi connectivity index (χ2n) is 13.1. The summed E-state index contributed by atoms with van der Waals surface area (Å²) in [5.74, 6) is -1.23. The van der Waals surface area contributed by atoms with Gasteiger partial charge in [0, 0.05) is 17.2 Å². The van der Waals surface area contributed by atoms with Gasteiger partial charge in [-0.05, 0) is 73.3 Å². The van der Waals surface area contributed by atoms with E-state index in [1.54, 1.807) is 12.1 Å². The van der Waals surface area contributed by atoms with Gasteiger partial charge in [-0.15, -0.1) is 10.2 Å². The van der Waals surface area contributed by atoms with Crippen molar-refractivity contribution in [1.82, 2.24) is 30.8 Å². The average molecular weight is 606 g/mol. The van der Waals surface area contributed by atoms with Crippen LogP contribution in [-0.2, 0) is 11.3 Å². The highest BCUT2D eigenvalue weighted by Crippen LogP contribution is 2.50. The maximum Gasteiger partial charge on any atom is 0.275 e. The number of nitrogens with one attached hydrogen (secondary N) is 2. The van der Waals surface area contributed by atoms with E-state index in [4.69, 9.17) is 4.99 Å². The molecule has 44 heavy (non-hydrogen) atoms. The Balaban J connectivity index is 1.48. The first-order valence-corrected chi connectivity index (χ1v) is 15.5. The molecule has 0 unspecified atom stereocenters. The summed E-state index contributed by atoms with van der Waals surface area (Å²) in [5.41, 5.74) is 0.930. The van der Waals surface area contributed by atoms with Crippen LogP contribution in [0.4, 0.5) is 8.78 Å². The van der Waals surface area contributed by atoms with Crippen LogP contribution in [0.25, 0.3) is 0 Å². The van der Waals surface area contributed by atoms with Crippen molar-refractivity contribution in [2.75, 3.05) is 0 Å². The van der Waals surface area contributed by atoms with Crippen molar-refractivity contribution in [1.29, 1.82) is 0 Å². The van der Waals surface area contributed by atoms with Gasteiger partial charge in [0.2, 0.25) is 0 Å². The number of benzene rings is 2. The van der Waals surface area contributed by atoms with Gasteiger partial charge in [-0.3, -0.25) is 14.6 Å². The fraction of sp³-hybridized carbons (Fsp3) is 0.515. The number of tetrazole rings is 1. The van der Waals surface area contributed by atoms with E-state index in [2.05, 4.69) is 53.6 Å². The van der Waals surface area contributed by atoms with Crippen molar-refractivity contribution in [2.45, 2.75) is 97.3 Å². The number of nitrogens with zero attached hydrogens (tertiary/aromatic N) is 5. The van der Waals surface area contributed by atoms with Crippen molar-refractivity contribution < 1.29 is 18.4 Å². The maximum atomic E-state index is 14.4. The molecule has 1 saturated carbocycles. The van der Waals surface area contributed by atoms with E-state index in [9.17, 15) is 18.4 Å². The van der Waals surface area contributed by atoms with Crippen LogP contribution in [-0.4, -0.2) is 48.7 Å². The summed E-state index contributed by atoms with van der Waals surface area (Å²) >= 11 is 0. The zero-order valence-corrected chi connectivity index (χ0v) is 25.9. The number of unbranched alkanes of at least 4 members (excludes halogenated alkanes) is 2. The number of rotatable bonds is 10. The fourth-order valence-corrected chi connectivity index (χ4v) is 6.63. The summed E-state index contributed by atoms with van der Waals surface area (Å²) < 4.78 is 28.6. The van der Waals surface area contributed by atoms with E-state index in [0.717, 1.165) is 43.7 Å². The van der Waals surface area contributed by atoms with E-state index < -0.39 is 17.3 Å². The summed E-state index contributed by atoms with van der Waals surface area (Å²) in [6, 6.07) is 10.1. The van der Waals surface area contributed by atoms with Gasteiger partial charge in [0.25, 0.3) is 11.8 Å². The summed E-state index contributed by atoms with van der Waals surface area (Å²) in [5, 5.41) is 16.3. The molecule has 2 N–H and O–H groups in total. The number of carbonyl (C=O) groups excluding carboxylic acids is 2. The molecule has 1 atom stereocenters. The van der Waals surface area contributed by atoms with Crippen molar-refractivity contribution >= 4 is 17.5 Å². The first-order chi connectivity index (χ1) is 21.0. The van der Waals surface area contributed by atoms with Crippen LogP contribution in [0.3, 0.4) is 0 Å². The topological polar surface area (TPSA) is 116 Å². The predicted molar refractivity (Wildman–Crippen MR) is 163 cm³/mol. The molecule has 2 amide bonds. The molecule has 0 bridgehead atoms. The van der Waals surface area contributed by atoms with Crippen LogP contribution in [0.2, 0.25) is 0 Å². The Morgan fingerprint density at radius 2 is 1.77 bits per heavy atom. The summed E-state index contributed by atoms with van der Waals surface area (Å²) in [6.07, 6.45) is 6.73. The Kier molecular flexibility index (Phi) is 9.22. The minimum Gasteiger partial charge on any atom is -0.345 e. The number of hydrogen-bond donors (Lipinski definition) is 2. The SMILES string of the molecule is CCCCC[C@H](c1ccc(C(=O)NCc2nn[nH]n2)cc1)N1C(=O)C(c2cc(F)cc(F)c2)=NC12CCC(C(C)(C)C)CC2. The molecule has 9 nitrogen and oxygen atoms in total. The maximum absolute atomic E-state index is 14.4. The molecule has 2 aliphatic rings. The van der Waals surface area contributed by atoms with E-state index >= 15 is 0 Å². The number of carbonyl (C=O) groups is 2. The molecule has 1 aliphatic heterocycles. The molecular weight excluding hydrogens is 564 g/mol. The molecule has 11 heteroatoms. The van der Waals surface area contributed by atoms with Crippen LogP contribution < -0.4 is 5.32 Å². The zero-order chi connectivity index (χ0) is 31.5. The third-order valence-corrected chi connectivity index (χ3v) is 9.08. The summed E-state index contributed by atoms with van der Waals surface area (Å²) in [4.78, 5) is 34.1. The molecule has 1 aromatic heterocycles. The lowest BCUT2D eigenvalue weighted by Gasteiger charge is -2.47. The van der Waals surface area contributed by atoms with Crippen LogP contribution >= 0.6 is 0 Å². The first kappa shape index (κ1) is 31.4. The minimum absolute atomic E-state index is 0.107. The van der Waals surface area contributed by atoms with Gasteiger partial charge in [0.1, 0.15) is 23.0 Å². The summed E-state index contributed by atoms with van der Waals surface area (Å²) in [7, 11) is 0. The molecular formula is C33H41F2N7O2. The Hall–Kier alpha value is -4.02. The van der Waals surface area contributed by atoms with E-state index in [1.165, 1.54) is 12.1 Å². The van der Waals surface area contributed by atoms with Gasteiger partial charge in [-0.2, -0.15) is 5.21 Å². The molecule has 1 fully saturated rings. The van der Waals surface area contributed by atoms with Crippen molar-refractivity contribution in [3.63, 3.8) is 0 Å². The summed E-state index contributed by atoms with van der Waals surface area (Å²) in [6.45, 7) is 8.99. The quantitative estimate of drug-likeness (QED) is 0.264. The smallest absolute Gasteiger partial charge is 0.275 e. The molecule has 0 radical (unpaired) electrons. The third kappa shape index (κ3) is 6.71. The molecule has 0 saturated heterocycles. The van der Waals surface area contributed by atoms with Crippen molar-refractivity contribution in [3.05, 3.63) is 76.6 Å². The van der Waals surface area contributed by atoms with E-state index in [-0.39, 0.29) is 41.1 Å². The molecule has 1 spiro atoms. The lowest BCUT2D eigenvalue weighted by Crippen LogP contribution is -2.51. The number of halogens is 2. The van der Waals surface area contributed by atoms with Crippen molar-refractivity contribution in [2.24, 2.45) is 16.3 Å². The Morgan fingerprint density at radius 3 is 2.36 bits per heavy atom. The highest BCUT2D eigenvalue weighted by Gasteiger charge is 2.52. The monoisotopic (exact) mass is 605 g/mol. The Morgan fingerprint density at radius 1 is 1.09 bits per heavy atom. The van der Waals surface area contributed by atoms with Crippen molar-refractivity contribution in [3.8, 4) is 0 Å². The number of amides is 2. The molecule has 3 aromatic rings. The number of aromatic nitrogens is 4.